The predicted molar refractivity (Wildman–Crippen MR) is 65.1 cm³/mol. The number of hydrogen-bond donors (Lipinski definition) is 1. The summed E-state index contributed by atoms with van der Waals surface area (Å²) in [6.45, 7) is 1.17. The first-order valence-electron chi connectivity index (χ1n) is 4.33. The van der Waals surface area contributed by atoms with Crippen LogP contribution in [0.2, 0.25) is 0 Å². The number of hydrogen-bond acceptors (Lipinski definition) is 7. The summed E-state index contributed by atoms with van der Waals surface area (Å²) in [6, 6.07) is 1.31. The van der Waals surface area contributed by atoms with E-state index in [1.165, 1.54) is 18.4 Å². The average molecular weight is 302 g/mol. The van der Waals surface area contributed by atoms with Crippen LogP contribution in [-0.4, -0.2) is 27.5 Å². The van der Waals surface area contributed by atoms with Crippen LogP contribution >= 0.6 is 23.7 Å². The highest BCUT2D eigenvalue weighted by atomic mass is 35.5. The third-order valence-corrected chi connectivity index (χ3v) is 3.71. The fraction of sp³-hybridized carbons (Fsp3) is 0.375. The van der Waals surface area contributed by atoms with Crippen molar-refractivity contribution in [2.45, 2.75) is 11.8 Å². The zero-order valence-electron chi connectivity index (χ0n) is 8.91. The van der Waals surface area contributed by atoms with Crippen LogP contribution in [0.25, 0.3) is 0 Å². The zero-order valence-corrected chi connectivity index (χ0v) is 11.4. The van der Waals surface area contributed by atoms with Crippen LogP contribution in [0.3, 0.4) is 0 Å². The molecule has 0 saturated carbocycles. The van der Waals surface area contributed by atoms with Crippen molar-refractivity contribution in [3.05, 3.63) is 11.4 Å². The number of carbonyl (C=O) groups is 1. The molecular formula is C8H12ClNO5S2. The van der Waals surface area contributed by atoms with E-state index in [4.69, 9.17) is 10.5 Å². The molecule has 0 bridgehead atoms. The van der Waals surface area contributed by atoms with Crippen molar-refractivity contribution in [3.63, 3.8) is 0 Å². The van der Waals surface area contributed by atoms with Crippen LogP contribution in [-0.2, 0) is 19.1 Å². The molecule has 9 heteroatoms. The van der Waals surface area contributed by atoms with Gasteiger partial charge in [-0.2, -0.15) is 8.42 Å². The molecule has 0 radical (unpaired) electrons. The van der Waals surface area contributed by atoms with E-state index in [9.17, 15) is 13.2 Å². The van der Waals surface area contributed by atoms with Crippen LogP contribution in [0.4, 0.5) is 0 Å². The maximum atomic E-state index is 11.6. The highest BCUT2D eigenvalue weighted by molar-refractivity contribution is 7.87. The summed E-state index contributed by atoms with van der Waals surface area (Å²) in [6.07, 6.45) is 0. The van der Waals surface area contributed by atoms with Gasteiger partial charge in [0.05, 0.1) is 6.61 Å². The van der Waals surface area contributed by atoms with Gasteiger partial charge in [-0.15, -0.1) is 23.7 Å². The first kappa shape index (κ1) is 16.3. The van der Waals surface area contributed by atoms with Gasteiger partial charge in [0.1, 0.15) is 4.90 Å². The van der Waals surface area contributed by atoms with E-state index in [0.717, 1.165) is 11.3 Å². The maximum absolute atomic E-state index is 11.6. The number of halogens is 1. The minimum atomic E-state index is -3.90. The number of ether oxygens (including phenoxy) is 1. The van der Waals surface area contributed by atoms with Gasteiger partial charge in [0.15, 0.2) is 0 Å². The van der Waals surface area contributed by atoms with Crippen molar-refractivity contribution in [2.75, 3.05) is 13.2 Å². The Morgan fingerprint density at radius 3 is 2.71 bits per heavy atom. The molecule has 0 spiro atoms. The van der Waals surface area contributed by atoms with E-state index in [-0.39, 0.29) is 35.5 Å². The highest BCUT2D eigenvalue weighted by Crippen LogP contribution is 2.31. The molecule has 0 atom stereocenters. The SMILES string of the molecule is CC(=O)Oc1sccc1S(=O)(=O)OCCN.Cl. The second kappa shape index (κ2) is 6.92. The number of esters is 1. The number of nitrogens with two attached hydrogens (primary N) is 1. The molecule has 1 heterocycles. The Hall–Kier alpha value is -0.670. The Labute approximate surface area is 109 Å². The summed E-state index contributed by atoms with van der Waals surface area (Å²) >= 11 is 1.00. The Bertz CT molecular complexity index is 470. The first-order chi connectivity index (χ1) is 7.47. The Morgan fingerprint density at radius 2 is 2.18 bits per heavy atom. The van der Waals surface area contributed by atoms with Crippen molar-refractivity contribution in [1.29, 1.82) is 0 Å². The molecule has 1 aromatic rings. The fourth-order valence-corrected chi connectivity index (χ4v) is 3.03. The number of carbonyl (C=O) groups excluding carboxylic acids is 1. The quantitative estimate of drug-likeness (QED) is 0.637. The van der Waals surface area contributed by atoms with Crippen molar-refractivity contribution in [2.24, 2.45) is 5.73 Å². The summed E-state index contributed by atoms with van der Waals surface area (Å²) in [5.74, 6) is -0.585. The lowest BCUT2D eigenvalue weighted by Gasteiger charge is -2.04. The van der Waals surface area contributed by atoms with Crippen LogP contribution < -0.4 is 10.5 Å². The van der Waals surface area contributed by atoms with Gasteiger partial charge >= 0.3 is 16.1 Å². The van der Waals surface area contributed by atoms with Crippen molar-refractivity contribution >= 4 is 39.8 Å². The molecule has 0 saturated heterocycles. The third kappa shape index (κ3) is 4.60. The molecule has 0 aliphatic heterocycles. The lowest BCUT2D eigenvalue weighted by molar-refractivity contribution is -0.131. The van der Waals surface area contributed by atoms with Gasteiger partial charge in [-0.1, -0.05) is 0 Å². The van der Waals surface area contributed by atoms with Gasteiger partial charge in [0, 0.05) is 13.5 Å². The maximum Gasteiger partial charge on any atom is 0.308 e. The van der Waals surface area contributed by atoms with Gasteiger partial charge in [-0.3, -0.25) is 8.98 Å². The van der Waals surface area contributed by atoms with E-state index in [2.05, 4.69) is 4.18 Å². The van der Waals surface area contributed by atoms with Gasteiger partial charge in [-0.25, -0.2) is 0 Å². The van der Waals surface area contributed by atoms with E-state index >= 15 is 0 Å². The summed E-state index contributed by atoms with van der Waals surface area (Å²) in [5, 5.41) is 1.50. The van der Waals surface area contributed by atoms with Gasteiger partial charge in [-0.05, 0) is 11.4 Å². The average Bonchev–Trinajstić information content (AvgIpc) is 2.62. The van der Waals surface area contributed by atoms with Crippen molar-refractivity contribution in [3.8, 4) is 5.06 Å². The van der Waals surface area contributed by atoms with Crippen LogP contribution in [0.5, 0.6) is 5.06 Å². The standard InChI is InChI=1S/C8H11NO5S2.ClH/c1-6(10)14-8-7(2-5-15-8)16(11,12)13-4-3-9;/h2,5H,3-4,9H2,1H3;1H. The topological polar surface area (TPSA) is 95.7 Å². The van der Waals surface area contributed by atoms with E-state index < -0.39 is 16.1 Å². The van der Waals surface area contributed by atoms with Crippen molar-refractivity contribution in [1.82, 2.24) is 0 Å². The molecule has 0 aliphatic rings. The minimum Gasteiger partial charge on any atom is -0.414 e. The van der Waals surface area contributed by atoms with E-state index in [0.29, 0.717) is 0 Å². The summed E-state index contributed by atoms with van der Waals surface area (Å²) in [4.78, 5) is 10.6. The Morgan fingerprint density at radius 1 is 1.53 bits per heavy atom. The summed E-state index contributed by atoms with van der Waals surface area (Å²) in [7, 11) is -3.90. The lowest BCUT2D eigenvalue weighted by Crippen LogP contribution is -2.14. The molecule has 98 valence electrons. The molecule has 1 aromatic heterocycles. The molecule has 0 amide bonds. The van der Waals surface area contributed by atoms with Gasteiger partial charge in [0.2, 0.25) is 5.06 Å². The highest BCUT2D eigenvalue weighted by Gasteiger charge is 2.22. The molecule has 0 fully saturated rings. The molecule has 0 unspecified atom stereocenters. The second-order valence-electron chi connectivity index (χ2n) is 2.73. The van der Waals surface area contributed by atoms with Gasteiger partial charge < -0.3 is 10.5 Å². The molecule has 1 rings (SSSR count). The molecule has 0 aliphatic carbocycles. The Kier molecular flexibility index (Phi) is 6.65. The number of rotatable bonds is 5. The zero-order chi connectivity index (χ0) is 12.2. The summed E-state index contributed by atoms with van der Waals surface area (Å²) in [5.41, 5.74) is 5.14. The van der Waals surface area contributed by atoms with E-state index in [1.54, 1.807) is 0 Å². The largest absolute Gasteiger partial charge is 0.414 e. The fourth-order valence-electron chi connectivity index (χ4n) is 0.895. The van der Waals surface area contributed by atoms with Crippen LogP contribution in [0.1, 0.15) is 6.92 Å². The third-order valence-electron chi connectivity index (χ3n) is 1.46. The lowest BCUT2D eigenvalue weighted by atomic mass is 10.6. The minimum absolute atomic E-state index is 0. The Balaban J connectivity index is 0.00000256. The molecule has 0 aromatic carbocycles. The van der Waals surface area contributed by atoms with Crippen molar-refractivity contribution < 1.29 is 22.1 Å². The van der Waals surface area contributed by atoms with Crippen LogP contribution in [0.15, 0.2) is 16.3 Å². The second-order valence-corrected chi connectivity index (χ2v) is 5.19. The molecule has 2 N–H and O–H groups in total. The predicted octanol–water partition coefficient (Wildman–Crippen LogP) is 0.759. The first-order valence-corrected chi connectivity index (χ1v) is 6.61. The van der Waals surface area contributed by atoms with E-state index in [1.807, 2.05) is 0 Å². The monoisotopic (exact) mass is 301 g/mol. The number of thiophene rings is 1. The van der Waals surface area contributed by atoms with Crippen LogP contribution in [0, 0.1) is 0 Å². The molecule has 17 heavy (non-hydrogen) atoms. The smallest absolute Gasteiger partial charge is 0.308 e. The molecule has 6 nitrogen and oxygen atoms in total. The molecular weight excluding hydrogens is 290 g/mol. The normalized spacial score (nSPS) is 10.7. The summed E-state index contributed by atoms with van der Waals surface area (Å²) < 4.78 is 32.5. The van der Waals surface area contributed by atoms with Gasteiger partial charge in [0.25, 0.3) is 0 Å².